The summed E-state index contributed by atoms with van der Waals surface area (Å²) in [4.78, 5) is 23.5. The van der Waals surface area contributed by atoms with E-state index in [2.05, 4.69) is 15.5 Å². The monoisotopic (exact) mass is 355 g/mol. The van der Waals surface area contributed by atoms with Gasteiger partial charge in [0.1, 0.15) is 17.3 Å². The van der Waals surface area contributed by atoms with Crippen molar-refractivity contribution in [1.82, 2.24) is 20.2 Å². The summed E-state index contributed by atoms with van der Waals surface area (Å²) in [5, 5.41) is 10.0. The molecule has 0 bridgehead atoms. The SMILES string of the molecule is Cc1nnc(SCC(=O)N[C@@H](C)c2ccc(F)cc2F)n(N)c1=O. The fourth-order valence-corrected chi connectivity index (χ4v) is 2.58. The molecule has 0 saturated heterocycles. The van der Waals surface area contributed by atoms with Gasteiger partial charge in [-0.05, 0) is 19.9 Å². The van der Waals surface area contributed by atoms with Gasteiger partial charge >= 0.3 is 0 Å². The van der Waals surface area contributed by atoms with Crippen LogP contribution in [0.2, 0.25) is 0 Å². The lowest BCUT2D eigenvalue weighted by molar-refractivity contribution is -0.119. The van der Waals surface area contributed by atoms with Crippen LogP contribution in [0.4, 0.5) is 8.78 Å². The Labute approximate surface area is 140 Å². The number of nitrogens with one attached hydrogen (secondary N) is 1. The zero-order valence-electron chi connectivity index (χ0n) is 12.9. The summed E-state index contributed by atoms with van der Waals surface area (Å²) in [6, 6.07) is 2.49. The molecule has 0 spiro atoms. The summed E-state index contributed by atoms with van der Waals surface area (Å²) < 4.78 is 27.4. The molecule has 2 rings (SSSR count). The second kappa shape index (κ2) is 7.39. The Bertz CT molecular complexity index is 827. The second-order valence-electron chi connectivity index (χ2n) is 4.99. The molecule has 0 unspecified atom stereocenters. The molecule has 1 aromatic carbocycles. The van der Waals surface area contributed by atoms with Gasteiger partial charge in [-0.25, -0.2) is 8.78 Å². The zero-order chi connectivity index (χ0) is 17.9. The molecule has 0 radical (unpaired) electrons. The van der Waals surface area contributed by atoms with Crippen LogP contribution in [0.1, 0.15) is 24.2 Å². The van der Waals surface area contributed by atoms with E-state index in [-0.39, 0.29) is 22.2 Å². The van der Waals surface area contributed by atoms with Crippen LogP contribution < -0.4 is 16.7 Å². The standard InChI is InChI=1S/C14H15F2N5O2S/c1-7(10-4-3-9(15)5-11(10)16)18-12(22)6-24-14-20-19-8(2)13(23)21(14)17/h3-5,7H,6,17H2,1-2H3,(H,18,22)/t7-/m0/s1. The van der Waals surface area contributed by atoms with E-state index in [4.69, 9.17) is 5.84 Å². The van der Waals surface area contributed by atoms with Crippen LogP contribution in [-0.4, -0.2) is 26.5 Å². The number of aromatic nitrogens is 3. The molecule has 1 atom stereocenters. The molecule has 0 aliphatic carbocycles. The van der Waals surface area contributed by atoms with Gasteiger partial charge < -0.3 is 11.2 Å². The number of nitrogen functional groups attached to an aromatic ring is 1. The van der Waals surface area contributed by atoms with E-state index in [0.717, 1.165) is 28.6 Å². The maximum Gasteiger partial charge on any atom is 0.294 e. The summed E-state index contributed by atoms with van der Waals surface area (Å²) in [5.74, 6) is 3.61. The smallest absolute Gasteiger partial charge is 0.294 e. The van der Waals surface area contributed by atoms with Gasteiger partial charge in [-0.15, -0.1) is 10.2 Å². The van der Waals surface area contributed by atoms with Gasteiger partial charge in [-0.2, -0.15) is 4.68 Å². The molecule has 128 valence electrons. The Morgan fingerprint density at radius 2 is 2.12 bits per heavy atom. The third-order valence-corrected chi connectivity index (χ3v) is 4.10. The highest BCUT2D eigenvalue weighted by Crippen LogP contribution is 2.18. The normalized spacial score (nSPS) is 12.0. The zero-order valence-corrected chi connectivity index (χ0v) is 13.7. The van der Waals surface area contributed by atoms with Crippen LogP contribution in [0.5, 0.6) is 0 Å². The molecular weight excluding hydrogens is 340 g/mol. The minimum Gasteiger partial charge on any atom is -0.349 e. The molecule has 3 N–H and O–H groups in total. The second-order valence-corrected chi connectivity index (χ2v) is 5.93. The van der Waals surface area contributed by atoms with Crippen molar-refractivity contribution in [3.63, 3.8) is 0 Å². The first-order valence-corrected chi connectivity index (χ1v) is 7.86. The molecule has 1 heterocycles. The lowest BCUT2D eigenvalue weighted by Gasteiger charge is -2.15. The van der Waals surface area contributed by atoms with E-state index >= 15 is 0 Å². The average molecular weight is 355 g/mol. The Morgan fingerprint density at radius 1 is 1.42 bits per heavy atom. The van der Waals surface area contributed by atoms with E-state index in [1.54, 1.807) is 6.92 Å². The molecule has 0 saturated carbocycles. The number of thioether (sulfide) groups is 1. The van der Waals surface area contributed by atoms with E-state index in [1.807, 2.05) is 0 Å². The fourth-order valence-electron chi connectivity index (χ4n) is 1.91. The third-order valence-electron chi connectivity index (χ3n) is 3.16. The van der Waals surface area contributed by atoms with Crippen molar-refractivity contribution < 1.29 is 13.6 Å². The lowest BCUT2D eigenvalue weighted by Crippen LogP contribution is -2.33. The number of benzene rings is 1. The number of nitrogens with zero attached hydrogens (tertiary/aromatic N) is 3. The predicted molar refractivity (Wildman–Crippen MR) is 84.8 cm³/mol. The van der Waals surface area contributed by atoms with Crippen LogP contribution >= 0.6 is 11.8 Å². The van der Waals surface area contributed by atoms with Gasteiger partial charge in [0.2, 0.25) is 11.1 Å². The van der Waals surface area contributed by atoms with Crippen molar-refractivity contribution in [2.45, 2.75) is 25.0 Å². The summed E-state index contributed by atoms with van der Waals surface area (Å²) in [6.07, 6.45) is 0. The topological polar surface area (TPSA) is 103 Å². The molecule has 0 aliphatic heterocycles. The van der Waals surface area contributed by atoms with Crippen molar-refractivity contribution in [2.24, 2.45) is 0 Å². The number of carbonyl (C=O) groups is 1. The maximum atomic E-state index is 13.7. The first-order valence-electron chi connectivity index (χ1n) is 6.88. The number of halogens is 2. The summed E-state index contributed by atoms with van der Waals surface area (Å²) in [7, 11) is 0. The van der Waals surface area contributed by atoms with E-state index in [9.17, 15) is 18.4 Å². The highest BCUT2D eigenvalue weighted by atomic mass is 32.2. The molecule has 1 aromatic heterocycles. The average Bonchev–Trinajstić information content (AvgIpc) is 2.51. The predicted octanol–water partition coefficient (Wildman–Crippen LogP) is 0.908. The number of nitrogens with two attached hydrogens (primary N) is 1. The number of rotatable bonds is 5. The highest BCUT2D eigenvalue weighted by molar-refractivity contribution is 7.99. The van der Waals surface area contributed by atoms with E-state index < -0.39 is 29.1 Å². The Morgan fingerprint density at radius 3 is 2.79 bits per heavy atom. The van der Waals surface area contributed by atoms with Crippen molar-refractivity contribution >= 4 is 17.7 Å². The first kappa shape index (κ1) is 17.9. The highest BCUT2D eigenvalue weighted by Gasteiger charge is 2.16. The molecule has 0 fully saturated rings. The van der Waals surface area contributed by atoms with Crippen LogP contribution in [-0.2, 0) is 4.79 Å². The van der Waals surface area contributed by atoms with Gasteiger partial charge in [0.25, 0.3) is 5.56 Å². The molecular formula is C14H15F2N5O2S. The van der Waals surface area contributed by atoms with Gasteiger partial charge in [0.05, 0.1) is 11.8 Å². The van der Waals surface area contributed by atoms with Gasteiger partial charge in [0.15, 0.2) is 0 Å². The van der Waals surface area contributed by atoms with Crippen LogP contribution in [0.3, 0.4) is 0 Å². The number of carbonyl (C=O) groups excluding carboxylic acids is 1. The molecule has 10 heteroatoms. The van der Waals surface area contributed by atoms with Crippen LogP contribution in [0, 0.1) is 18.6 Å². The fraction of sp³-hybridized carbons (Fsp3) is 0.286. The minimum absolute atomic E-state index is 0.0846. The van der Waals surface area contributed by atoms with Crippen molar-refractivity contribution in [1.29, 1.82) is 0 Å². The minimum atomic E-state index is -0.740. The molecule has 7 nitrogen and oxygen atoms in total. The van der Waals surface area contributed by atoms with E-state index in [0.29, 0.717) is 0 Å². The van der Waals surface area contributed by atoms with Crippen LogP contribution in [0.25, 0.3) is 0 Å². The summed E-state index contributed by atoms with van der Waals surface area (Å²) in [6.45, 7) is 3.04. The Balaban J connectivity index is 1.98. The van der Waals surface area contributed by atoms with E-state index in [1.165, 1.54) is 13.0 Å². The summed E-state index contributed by atoms with van der Waals surface area (Å²) >= 11 is 0.920. The largest absolute Gasteiger partial charge is 0.349 e. The maximum absolute atomic E-state index is 13.7. The number of hydrogen-bond donors (Lipinski definition) is 2. The number of aryl methyl sites for hydroxylation is 1. The quantitative estimate of drug-likeness (QED) is 0.610. The molecule has 24 heavy (non-hydrogen) atoms. The molecule has 1 amide bonds. The van der Waals surface area contributed by atoms with Crippen molar-refractivity contribution in [2.75, 3.05) is 11.6 Å². The number of amides is 1. The number of hydrogen-bond acceptors (Lipinski definition) is 6. The Kier molecular flexibility index (Phi) is 5.50. The van der Waals surface area contributed by atoms with Gasteiger partial charge in [-0.3, -0.25) is 9.59 Å². The first-order chi connectivity index (χ1) is 11.3. The third kappa shape index (κ3) is 4.07. The van der Waals surface area contributed by atoms with Crippen molar-refractivity contribution in [3.05, 3.63) is 51.4 Å². The van der Waals surface area contributed by atoms with Crippen molar-refractivity contribution in [3.8, 4) is 0 Å². The summed E-state index contributed by atoms with van der Waals surface area (Å²) in [5.41, 5.74) is -0.193. The molecule has 2 aromatic rings. The van der Waals surface area contributed by atoms with Gasteiger partial charge in [-0.1, -0.05) is 17.8 Å². The van der Waals surface area contributed by atoms with Gasteiger partial charge in [0, 0.05) is 11.6 Å². The lowest BCUT2D eigenvalue weighted by atomic mass is 10.1. The van der Waals surface area contributed by atoms with Crippen LogP contribution in [0.15, 0.2) is 28.2 Å². The Hall–Kier alpha value is -2.49. The molecule has 0 aliphatic rings.